The molecule has 0 bridgehead atoms. The van der Waals surface area contributed by atoms with E-state index in [2.05, 4.69) is 0 Å². The molecule has 0 saturated carbocycles. The molecule has 6 heteroatoms. The van der Waals surface area contributed by atoms with Gasteiger partial charge in [0.25, 0.3) is 0 Å². The lowest BCUT2D eigenvalue weighted by Gasteiger charge is -2.37. The van der Waals surface area contributed by atoms with Crippen LogP contribution in [-0.2, 0) is 4.65 Å². The third-order valence-electron chi connectivity index (χ3n) is 3.33. The van der Waals surface area contributed by atoms with Crippen LogP contribution in [-0.4, -0.2) is 30.4 Å². The molecule has 1 rings (SSSR count). The summed E-state index contributed by atoms with van der Waals surface area (Å²) in [6, 6.07) is 2.71. The lowest BCUT2D eigenvalue weighted by molar-refractivity contribution is -0.0893. The second-order valence-corrected chi connectivity index (χ2v) is 5.52. The Balaban J connectivity index is 2.87. The molecular formula is C14H20BF2O3. The van der Waals surface area contributed by atoms with Crippen LogP contribution in [0.5, 0.6) is 5.75 Å². The average Bonchev–Trinajstić information content (AvgIpc) is 2.33. The SMILES string of the molecule is CCOc1ccc([B]OC(C)(C)C(C)(C)O)c(F)c1F. The maximum atomic E-state index is 13.8. The number of halogens is 2. The predicted octanol–water partition coefficient (Wildman–Crippen LogP) is 2.17. The molecule has 1 aromatic rings. The smallest absolute Gasteiger partial charge is 0.334 e. The van der Waals surface area contributed by atoms with Crippen molar-refractivity contribution in [2.24, 2.45) is 0 Å². The minimum Gasteiger partial charge on any atom is -0.491 e. The Kier molecular flexibility index (Phi) is 5.16. The fraction of sp³-hybridized carbons (Fsp3) is 0.571. The van der Waals surface area contributed by atoms with E-state index in [4.69, 9.17) is 9.39 Å². The van der Waals surface area contributed by atoms with Crippen molar-refractivity contribution in [3.8, 4) is 5.75 Å². The summed E-state index contributed by atoms with van der Waals surface area (Å²) in [4.78, 5) is 0. The topological polar surface area (TPSA) is 38.7 Å². The van der Waals surface area contributed by atoms with Gasteiger partial charge in [0, 0.05) is 0 Å². The minimum atomic E-state index is -1.14. The van der Waals surface area contributed by atoms with Crippen molar-refractivity contribution in [3.05, 3.63) is 23.8 Å². The quantitative estimate of drug-likeness (QED) is 0.814. The number of aliphatic hydroxyl groups is 1. The molecule has 0 aliphatic heterocycles. The van der Waals surface area contributed by atoms with E-state index in [0.29, 0.717) is 0 Å². The number of ether oxygens (including phenoxy) is 1. The van der Waals surface area contributed by atoms with Gasteiger partial charge in [-0.05, 0) is 46.1 Å². The highest BCUT2D eigenvalue weighted by molar-refractivity contribution is 6.47. The zero-order valence-electron chi connectivity index (χ0n) is 12.5. The second-order valence-electron chi connectivity index (χ2n) is 5.52. The fourth-order valence-corrected chi connectivity index (χ4v) is 1.26. The molecule has 0 spiro atoms. The Bertz CT molecular complexity index is 470. The van der Waals surface area contributed by atoms with Gasteiger partial charge < -0.3 is 14.5 Å². The molecule has 0 saturated heterocycles. The molecule has 0 aromatic heterocycles. The van der Waals surface area contributed by atoms with E-state index in [1.165, 1.54) is 12.1 Å². The van der Waals surface area contributed by atoms with E-state index in [-0.39, 0.29) is 17.8 Å². The fourth-order valence-electron chi connectivity index (χ4n) is 1.26. The monoisotopic (exact) mass is 285 g/mol. The summed E-state index contributed by atoms with van der Waals surface area (Å²) in [6.07, 6.45) is 0. The van der Waals surface area contributed by atoms with Gasteiger partial charge in [0.1, 0.15) is 0 Å². The maximum Gasteiger partial charge on any atom is 0.334 e. The van der Waals surface area contributed by atoms with Crippen LogP contribution in [0.15, 0.2) is 12.1 Å². The van der Waals surface area contributed by atoms with Crippen molar-refractivity contribution in [2.45, 2.75) is 45.8 Å². The van der Waals surface area contributed by atoms with E-state index in [1.807, 2.05) is 0 Å². The highest BCUT2D eigenvalue weighted by Crippen LogP contribution is 2.24. The number of hydrogen-bond acceptors (Lipinski definition) is 3. The summed E-state index contributed by atoms with van der Waals surface area (Å²) in [5.41, 5.74) is -2.12. The van der Waals surface area contributed by atoms with E-state index in [1.54, 1.807) is 34.6 Å². The Hall–Kier alpha value is -1.14. The van der Waals surface area contributed by atoms with Crippen molar-refractivity contribution in [2.75, 3.05) is 6.61 Å². The van der Waals surface area contributed by atoms with Gasteiger partial charge >= 0.3 is 7.48 Å². The third kappa shape index (κ3) is 3.70. The Morgan fingerprint density at radius 3 is 2.25 bits per heavy atom. The molecule has 0 aliphatic rings. The maximum absolute atomic E-state index is 13.8. The van der Waals surface area contributed by atoms with Crippen molar-refractivity contribution < 1.29 is 23.3 Å². The molecule has 111 valence electrons. The molecule has 1 N–H and O–H groups in total. The van der Waals surface area contributed by atoms with Crippen LogP contribution in [0.25, 0.3) is 0 Å². The van der Waals surface area contributed by atoms with Crippen LogP contribution in [0, 0.1) is 11.6 Å². The molecule has 0 heterocycles. The first-order valence-corrected chi connectivity index (χ1v) is 6.44. The van der Waals surface area contributed by atoms with Crippen molar-refractivity contribution in [1.82, 2.24) is 0 Å². The molecule has 3 nitrogen and oxygen atoms in total. The van der Waals surface area contributed by atoms with E-state index in [0.717, 1.165) is 7.48 Å². The summed E-state index contributed by atoms with van der Waals surface area (Å²) >= 11 is 0. The summed E-state index contributed by atoms with van der Waals surface area (Å²) in [6.45, 7) is 8.42. The summed E-state index contributed by atoms with van der Waals surface area (Å²) < 4.78 is 37.9. The van der Waals surface area contributed by atoms with Crippen LogP contribution in [0.2, 0.25) is 0 Å². The van der Waals surface area contributed by atoms with E-state index in [9.17, 15) is 13.9 Å². The minimum absolute atomic E-state index is 0.0386. The molecule has 1 aromatic carbocycles. The van der Waals surface area contributed by atoms with Gasteiger partial charge in [0.15, 0.2) is 17.4 Å². The van der Waals surface area contributed by atoms with Crippen molar-refractivity contribution in [1.29, 1.82) is 0 Å². The number of benzene rings is 1. The molecule has 0 unspecified atom stereocenters. The first-order valence-electron chi connectivity index (χ1n) is 6.44. The first-order chi connectivity index (χ1) is 9.10. The van der Waals surface area contributed by atoms with Crippen molar-refractivity contribution in [3.63, 3.8) is 0 Å². The van der Waals surface area contributed by atoms with Gasteiger partial charge in [-0.2, -0.15) is 4.39 Å². The molecule has 0 atom stereocenters. The molecular weight excluding hydrogens is 265 g/mol. The lowest BCUT2D eigenvalue weighted by atomic mass is 9.82. The zero-order valence-corrected chi connectivity index (χ0v) is 12.5. The van der Waals surface area contributed by atoms with Gasteiger partial charge in [-0.25, -0.2) is 4.39 Å². The van der Waals surface area contributed by atoms with E-state index >= 15 is 0 Å². The van der Waals surface area contributed by atoms with Gasteiger partial charge in [-0.15, -0.1) is 0 Å². The summed E-state index contributed by atoms with van der Waals surface area (Å²) in [7, 11) is 1.10. The average molecular weight is 285 g/mol. The summed E-state index contributed by atoms with van der Waals surface area (Å²) in [5.74, 6) is -2.23. The Labute approximate surface area is 119 Å². The van der Waals surface area contributed by atoms with Gasteiger partial charge in [-0.3, -0.25) is 0 Å². The predicted molar refractivity (Wildman–Crippen MR) is 74.4 cm³/mol. The number of rotatable bonds is 6. The highest BCUT2D eigenvalue weighted by atomic mass is 19.2. The molecule has 1 radical (unpaired) electrons. The largest absolute Gasteiger partial charge is 0.491 e. The molecule has 0 fully saturated rings. The summed E-state index contributed by atoms with van der Waals surface area (Å²) in [5, 5.41) is 9.93. The Morgan fingerprint density at radius 2 is 1.75 bits per heavy atom. The second kappa shape index (κ2) is 6.10. The van der Waals surface area contributed by atoms with Crippen LogP contribution in [0.1, 0.15) is 34.6 Å². The highest BCUT2D eigenvalue weighted by Gasteiger charge is 2.36. The normalized spacial score (nSPS) is 12.4. The lowest BCUT2D eigenvalue weighted by Crippen LogP contribution is -2.49. The third-order valence-corrected chi connectivity index (χ3v) is 3.33. The number of hydrogen-bond donors (Lipinski definition) is 1. The standard InChI is InChI=1S/C14H20BF2O3/c1-6-19-10-8-7-9(11(16)12(10)17)15-20-14(4,5)13(2,3)18/h7-8,18H,6H2,1-5H3. The van der Waals surface area contributed by atoms with Crippen LogP contribution >= 0.6 is 0 Å². The van der Waals surface area contributed by atoms with Crippen LogP contribution < -0.4 is 10.2 Å². The van der Waals surface area contributed by atoms with Crippen LogP contribution in [0.3, 0.4) is 0 Å². The zero-order chi connectivity index (χ0) is 15.6. The van der Waals surface area contributed by atoms with E-state index < -0.39 is 22.8 Å². The van der Waals surface area contributed by atoms with Crippen LogP contribution in [0.4, 0.5) is 8.78 Å². The van der Waals surface area contributed by atoms with Crippen molar-refractivity contribution >= 4 is 12.9 Å². The Morgan fingerprint density at radius 1 is 1.15 bits per heavy atom. The van der Waals surface area contributed by atoms with Gasteiger partial charge in [0.05, 0.1) is 17.8 Å². The molecule has 0 amide bonds. The molecule has 20 heavy (non-hydrogen) atoms. The van der Waals surface area contributed by atoms with Gasteiger partial charge in [-0.1, -0.05) is 6.07 Å². The molecule has 0 aliphatic carbocycles. The van der Waals surface area contributed by atoms with Gasteiger partial charge in [0.2, 0.25) is 0 Å². The first kappa shape index (κ1) is 16.9.